The van der Waals surface area contributed by atoms with E-state index in [1.54, 1.807) is 0 Å². The first kappa shape index (κ1) is 11.6. The summed E-state index contributed by atoms with van der Waals surface area (Å²) in [7, 11) is 2.10. The summed E-state index contributed by atoms with van der Waals surface area (Å²) in [5, 5.41) is 2.12. The lowest BCUT2D eigenvalue weighted by Gasteiger charge is -2.19. The van der Waals surface area contributed by atoms with E-state index in [4.69, 9.17) is 0 Å². The number of pyridine rings is 1. The third kappa shape index (κ3) is 2.83. The van der Waals surface area contributed by atoms with Gasteiger partial charge in [-0.25, -0.2) is 0 Å². The molecule has 16 heavy (non-hydrogen) atoms. The monoisotopic (exact) mass is 296 g/mol. The highest BCUT2D eigenvalue weighted by atomic mass is 79.9. The first-order valence-corrected chi connectivity index (χ1v) is 6.77. The molecule has 0 unspecified atom stereocenters. The Morgan fingerprint density at radius 1 is 1.44 bits per heavy atom. The fraction of sp³-hybridized carbons (Fsp3) is 0.250. The molecule has 0 aliphatic carbocycles. The molecule has 0 saturated carbocycles. The molecular formula is C12H13BrN2S. The van der Waals surface area contributed by atoms with Gasteiger partial charge in [-0.05, 0) is 39.9 Å². The highest BCUT2D eigenvalue weighted by Crippen LogP contribution is 2.23. The maximum absolute atomic E-state index is 4.07. The van der Waals surface area contributed by atoms with Crippen LogP contribution >= 0.6 is 27.3 Å². The number of thiophene rings is 1. The first-order chi connectivity index (χ1) is 7.77. The SMILES string of the molecule is CN(CCc1cccs1)c1ccncc1Br. The van der Waals surface area contributed by atoms with Gasteiger partial charge in [0.1, 0.15) is 0 Å². The molecule has 0 spiro atoms. The lowest BCUT2D eigenvalue weighted by molar-refractivity contribution is 0.883. The van der Waals surface area contributed by atoms with Crippen molar-refractivity contribution in [3.05, 3.63) is 45.3 Å². The number of halogens is 1. The van der Waals surface area contributed by atoms with Crippen LogP contribution in [0, 0.1) is 0 Å². The lowest BCUT2D eigenvalue weighted by atomic mass is 10.3. The van der Waals surface area contributed by atoms with Crippen molar-refractivity contribution in [3.63, 3.8) is 0 Å². The molecule has 0 saturated heterocycles. The molecule has 2 heterocycles. The predicted octanol–water partition coefficient (Wildman–Crippen LogP) is 3.58. The van der Waals surface area contributed by atoms with Crippen LogP contribution in [0.15, 0.2) is 40.4 Å². The summed E-state index contributed by atoms with van der Waals surface area (Å²) >= 11 is 5.33. The van der Waals surface area contributed by atoms with Crippen LogP contribution in [0.3, 0.4) is 0 Å². The normalized spacial score (nSPS) is 10.4. The van der Waals surface area contributed by atoms with Gasteiger partial charge < -0.3 is 4.90 Å². The maximum atomic E-state index is 4.07. The zero-order valence-corrected chi connectivity index (χ0v) is 11.5. The third-order valence-electron chi connectivity index (χ3n) is 2.44. The Morgan fingerprint density at radius 3 is 3.00 bits per heavy atom. The van der Waals surface area contributed by atoms with Crippen LogP contribution < -0.4 is 4.90 Å². The largest absolute Gasteiger partial charge is 0.373 e. The molecule has 0 N–H and O–H groups in total. The highest BCUT2D eigenvalue weighted by Gasteiger charge is 2.05. The molecule has 2 aromatic heterocycles. The number of hydrogen-bond acceptors (Lipinski definition) is 3. The molecule has 0 atom stereocenters. The second-order valence-corrected chi connectivity index (χ2v) is 5.46. The Hall–Kier alpha value is -0.870. The Bertz CT molecular complexity index is 442. The average molecular weight is 297 g/mol. The van der Waals surface area contributed by atoms with Gasteiger partial charge in [0.2, 0.25) is 0 Å². The van der Waals surface area contributed by atoms with E-state index in [0.717, 1.165) is 17.4 Å². The lowest BCUT2D eigenvalue weighted by Crippen LogP contribution is -2.20. The van der Waals surface area contributed by atoms with Crippen molar-refractivity contribution in [3.8, 4) is 0 Å². The van der Waals surface area contributed by atoms with Gasteiger partial charge in [-0.15, -0.1) is 11.3 Å². The molecule has 0 aliphatic rings. The van der Waals surface area contributed by atoms with Crippen molar-refractivity contribution in [2.24, 2.45) is 0 Å². The minimum Gasteiger partial charge on any atom is -0.373 e. The van der Waals surface area contributed by atoms with Gasteiger partial charge >= 0.3 is 0 Å². The minimum atomic E-state index is 1.02. The molecule has 0 amide bonds. The van der Waals surface area contributed by atoms with Crippen LogP contribution in [0.5, 0.6) is 0 Å². The standard InChI is InChI=1S/C12H13BrN2S/c1-15(7-5-10-3-2-8-16-10)12-4-6-14-9-11(12)13/h2-4,6,8-9H,5,7H2,1H3. The zero-order valence-electron chi connectivity index (χ0n) is 9.06. The average Bonchev–Trinajstić information content (AvgIpc) is 2.79. The van der Waals surface area contributed by atoms with E-state index >= 15 is 0 Å². The first-order valence-electron chi connectivity index (χ1n) is 5.10. The smallest absolute Gasteiger partial charge is 0.0592 e. The van der Waals surface area contributed by atoms with Crippen LogP contribution in [-0.2, 0) is 6.42 Å². The van der Waals surface area contributed by atoms with Crippen molar-refractivity contribution >= 4 is 33.0 Å². The molecule has 0 bridgehead atoms. The molecule has 2 nitrogen and oxygen atoms in total. The Morgan fingerprint density at radius 2 is 2.31 bits per heavy atom. The van der Waals surface area contributed by atoms with E-state index in [-0.39, 0.29) is 0 Å². The summed E-state index contributed by atoms with van der Waals surface area (Å²) < 4.78 is 1.05. The third-order valence-corrected chi connectivity index (χ3v) is 3.98. The summed E-state index contributed by atoms with van der Waals surface area (Å²) in [6.07, 6.45) is 4.74. The number of hydrogen-bond donors (Lipinski definition) is 0. The fourth-order valence-corrected chi connectivity index (χ4v) is 2.78. The Labute approximate surface area is 108 Å². The van der Waals surface area contributed by atoms with Gasteiger partial charge in [0.25, 0.3) is 0 Å². The summed E-state index contributed by atoms with van der Waals surface area (Å²) in [4.78, 5) is 7.74. The fourth-order valence-electron chi connectivity index (χ4n) is 1.53. The molecule has 0 radical (unpaired) electrons. The Kier molecular flexibility index (Phi) is 3.96. The Balaban J connectivity index is 1.98. The molecular weight excluding hydrogens is 284 g/mol. The van der Waals surface area contributed by atoms with Gasteiger partial charge in [-0.1, -0.05) is 6.07 Å². The number of nitrogens with zero attached hydrogens (tertiary/aromatic N) is 2. The van der Waals surface area contributed by atoms with Gasteiger partial charge in [-0.2, -0.15) is 0 Å². The molecule has 0 fully saturated rings. The topological polar surface area (TPSA) is 16.1 Å². The second-order valence-electron chi connectivity index (χ2n) is 3.58. The maximum Gasteiger partial charge on any atom is 0.0592 e. The van der Waals surface area contributed by atoms with E-state index in [2.05, 4.69) is 50.4 Å². The number of aromatic nitrogens is 1. The number of rotatable bonds is 4. The second kappa shape index (κ2) is 5.46. The molecule has 0 aromatic carbocycles. The van der Waals surface area contributed by atoms with E-state index in [1.165, 1.54) is 10.6 Å². The van der Waals surface area contributed by atoms with Crippen molar-refractivity contribution in [1.82, 2.24) is 4.98 Å². The van der Waals surface area contributed by atoms with Gasteiger partial charge in [0, 0.05) is 30.9 Å². The zero-order chi connectivity index (χ0) is 11.4. The van der Waals surface area contributed by atoms with Crippen molar-refractivity contribution in [2.45, 2.75) is 6.42 Å². The van der Waals surface area contributed by atoms with E-state index in [9.17, 15) is 0 Å². The van der Waals surface area contributed by atoms with Gasteiger partial charge in [0.15, 0.2) is 0 Å². The summed E-state index contributed by atoms with van der Waals surface area (Å²) in [5.41, 5.74) is 1.19. The van der Waals surface area contributed by atoms with Crippen molar-refractivity contribution < 1.29 is 0 Å². The summed E-state index contributed by atoms with van der Waals surface area (Å²) in [6.45, 7) is 1.02. The minimum absolute atomic E-state index is 1.02. The number of anilines is 1. The van der Waals surface area contributed by atoms with E-state index in [1.807, 2.05) is 29.8 Å². The molecule has 2 rings (SSSR count). The van der Waals surface area contributed by atoms with Crippen LogP contribution in [-0.4, -0.2) is 18.6 Å². The van der Waals surface area contributed by atoms with Gasteiger partial charge in [0.05, 0.1) is 10.2 Å². The van der Waals surface area contributed by atoms with Crippen LogP contribution in [0.25, 0.3) is 0 Å². The van der Waals surface area contributed by atoms with Crippen LogP contribution in [0.4, 0.5) is 5.69 Å². The molecule has 0 aliphatic heterocycles. The van der Waals surface area contributed by atoms with Crippen LogP contribution in [0.2, 0.25) is 0 Å². The molecule has 4 heteroatoms. The van der Waals surface area contributed by atoms with Gasteiger partial charge in [-0.3, -0.25) is 4.98 Å². The van der Waals surface area contributed by atoms with Crippen molar-refractivity contribution in [2.75, 3.05) is 18.5 Å². The van der Waals surface area contributed by atoms with Crippen LogP contribution in [0.1, 0.15) is 4.88 Å². The summed E-state index contributed by atoms with van der Waals surface area (Å²) in [6, 6.07) is 6.31. The van der Waals surface area contributed by atoms with E-state index in [0.29, 0.717) is 0 Å². The predicted molar refractivity (Wildman–Crippen MR) is 73.2 cm³/mol. The quantitative estimate of drug-likeness (QED) is 0.857. The summed E-state index contributed by atoms with van der Waals surface area (Å²) in [5.74, 6) is 0. The molecule has 84 valence electrons. The molecule has 2 aromatic rings. The highest BCUT2D eigenvalue weighted by molar-refractivity contribution is 9.10. The van der Waals surface area contributed by atoms with E-state index < -0.39 is 0 Å². The number of likely N-dealkylation sites (N-methyl/N-ethyl adjacent to an activating group) is 1. The van der Waals surface area contributed by atoms with Crippen molar-refractivity contribution in [1.29, 1.82) is 0 Å².